The third-order valence-corrected chi connectivity index (χ3v) is 3.07. The Morgan fingerprint density at radius 3 is 2.57 bits per heavy atom. The Bertz CT molecular complexity index is 183. The summed E-state index contributed by atoms with van der Waals surface area (Å²) in [4.78, 5) is 4.78. The van der Waals surface area contributed by atoms with Crippen LogP contribution >= 0.6 is 0 Å². The summed E-state index contributed by atoms with van der Waals surface area (Å²) in [5.74, 6) is 0. The highest BCUT2D eigenvalue weighted by molar-refractivity contribution is 4.99. The fraction of sp³-hybridized carbons (Fsp3) is 0.818. The van der Waals surface area contributed by atoms with Gasteiger partial charge in [-0.05, 0) is 45.6 Å². The molecule has 1 rings (SSSR count). The van der Waals surface area contributed by atoms with E-state index >= 15 is 0 Å². The smallest absolute Gasteiger partial charge is 0.0202 e. The molecule has 0 spiro atoms. The number of likely N-dealkylation sites (N-methyl/N-ethyl adjacent to an activating group) is 1. The van der Waals surface area contributed by atoms with E-state index in [9.17, 15) is 0 Å². The minimum Gasteiger partial charge on any atom is -0.327 e. The van der Waals surface area contributed by atoms with Crippen molar-refractivity contribution < 1.29 is 0 Å². The highest BCUT2D eigenvalue weighted by atomic mass is 15.2. The van der Waals surface area contributed by atoms with E-state index in [1.165, 1.54) is 25.9 Å². The summed E-state index contributed by atoms with van der Waals surface area (Å²) in [6.07, 6.45) is 2.54. The van der Waals surface area contributed by atoms with E-state index in [0.717, 1.165) is 18.2 Å². The first kappa shape index (κ1) is 11.7. The van der Waals surface area contributed by atoms with Crippen LogP contribution in [-0.2, 0) is 0 Å². The van der Waals surface area contributed by atoms with Gasteiger partial charge in [-0.15, -0.1) is 0 Å². The molecule has 0 radical (unpaired) electrons. The zero-order chi connectivity index (χ0) is 10.6. The van der Waals surface area contributed by atoms with Crippen LogP contribution in [0.3, 0.4) is 0 Å². The molecule has 0 aromatic carbocycles. The fourth-order valence-corrected chi connectivity index (χ4v) is 1.98. The average Bonchev–Trinajstić information content (AvgIpc) is 2.18. The predicted molar refractivity (Wildman–Crippen MR) is 61.3 cm³/mol. The van der Waals surface area contributed by atoms with Gasteiger partial charge in [0, 0.05) is 19.1 Å². The monoisotopic (exact) mass is 197 g/mol. The molecule has 0 aliphatic carbocycles. The van der Waals surface area contributed by atoms with E-state index < -0.39 is 0 Å². The lowest BCUT2D eigenvalue weighted by atomic mass is 10.0. The van der Waals surface area contributed by atoms with Crippen LogP contribution in [0, 0.1) is 0 Å². The first-order chi connectivity index (χ1) is 6.63. The molecule has 1 aliphatic rings. The maximum atomic E-state index is 5.54. The number of nitrogens with zero attached hydrogens (tertiary/aromatic N) is 2. The highest BCUT2D eigenvalue weighted by Gasteiger charge is 2.20. The second-order valence-corrected chi connectivity index (χ2v) is 4.40. The number of hydrogen-bond acceptors (Lipinski definition) is 3. The molecule has 0 amide bonds. The number of nitrogens with two attached hydrogens (primary N) is 1. The minimum absolute atomic E-state index is 0.608. The van der Waals surface area contributed by atoms with Crippen LogP contribution < -0.4 is 5.73 Å². The van der Waals surface area contributed by atoms with Crippen molar-refractivity contribution in [3.05, 3.63) is 12.2 Å². The third-order valence-electron chi connectivity index (χ3n) is 3.07. The summed E-state index contributed by atoms with van der Waals surface area (Å²) in [7, 11) is 4.37. The molecule has 14 heavy (non-hydrogen) atoms. The molecular formula is C11H23N3. The van der Waals surface area contributed by atoms with Gasteiger partial charge in [0.1, 0.15) is 0 Å². The van der Waals surface area contributed by atoms with Crippen LogP contribution in [0.15, 0.2) is 12.2 Å². The Balaban J connectivity index is 2.30. The standard InChI is InChI=1S/C11H23N3/c1-10(8-12)9-14(3)11-4-6-13(2)7-5-11/h11H,1,4-9,12H2,2-3H3. The van der Waals surface area contributed by atoms with Crippen LogP contribution in [0.2, 0.25) is 0 Å². The van der Waals surface area contributed by atoms with Gasteiger partial charge in [0.05, 0.1) is 0 Å². The molecule has 0 unspecified atom stereocenters. The largest absolute Gasteiger partial charge is 0.327 e. The van der Waals surface area contributed by atoms with E-state index in [0.29, 0.717) is 6.54 Å². The van der Waals surface area contributed by atoms with Crippen molar-refractivity contribution in [3.63, 3.8) is 0 Å². The lowest BCUT2D eigenvalue weighted by molar-refractivity contribution is 0.152. The van der Waals surface area contributed by atoms with Gasteiger partial charge in [-0.25, -0.2) is 0 Å². The lowest BCUT2D eigenvalue weighted by Gasteiger charge is -2.35. The van der Waals surface area contributed by atoms with Gasteiger partial charge < -0.3 is 10.6 Å². The molecular weight excluding hydrogens is 174 g/mol. The summed E-state index contributed by atoms with van der Waals surface area (Å²) >= 11 is 0. The van der Waals surface area contributed by atoms with Crippen molar-refractivity contribution in [2.45, 2.75) is 18.9 Å². The Morgan fingerprint density at radius 1 is 1.50 bits per heavy atom. The number of hydrogen-bond donors (Lipinski definition) is 1. The van der Waals surface area contributed by atoms with Gasteiger partial charge in [-0.3, -0.25) is 4.90 Å². The van der Waals surface area contributed by atoms with Crippen LogP contribution in [0.25, 0.3) is 0 Å². The second-order valence-electron chi connectivity index (χ2n) is 4.40. The van der Waals surface area contributed by atoms with Crippen molar-refractivity contribution >= 4 is 0 Å². The lowest BCUT2D eigenvalue weighted by Crippen LogP contribution is -2.42. The topological polar surface area (TPSA) is 32.5 Å². The summed E-state index contributed by atoms with van der Waals surface area (Å²) in [6, 6.07) is 0.717. The van der Waals surface area contributed by atoms with E-state index in [-0.39, 0.29) is 0 Å². The normalized spacial score (nSPS) is 20.3. The molecule has 0 bridgehead atoms. The Hall–Kier alpha value is -0.380. The number of likely N-dealkylation sites (tertiary alicyclic amines) is 1. The molecule has 3 heteroatoms. The molecule has 1 fully saturated rings. The van der Waals surface area contributed by atoms with Crippen molar-refractivity contribution in [3.8, 4) is 0 Å². The Kier molecular flexibility index (Phi) is 4.58. The fourth-order valence-electron chi connectivity index (χ4n) is 1.98. The second kappa shape index (κ2) is 5.49. The molecule has 0 aromatic rings. The van der Waals surface area contributed by atoms with Crippen molar-refractivity contribution in [2.75, 3.05) is 40.3 Å². The van der Waals surface area contributed by atoms with Crippen LogP contribution in [0.1, 0.15) is 12.8 Å². The van der Waals surface area contributed by atoms with Gasteiger partial charge in [0.15, 0.2) is 0 Å². The Labute approximate surface area is 87.6 Å². The number of piperidine rings is 1. The molecule has 0 aromatic heterocycles. The molecule has 0 atom stereocenters. The molecule has 82 valence electrons. The molecule has 1 heterocycles. The molecule has 1 aliphatic heterocycles. The van der Waals surface area contributed by atoms with Gasteiger partial charge in [0.25, 0.3) is 0 Å². The summed E-state index contributed by atoms with van der Waals surface area (Å²) in [6.45, 7) is 7.93. The van der Waals surface area contributed by atoms with Crippen molar-refractivity contribution in [1.29, 1.82) is 0 Å². The van der Waals surface area contributed by atoms with Gasteiger partial charge in [-0.1, -0.05) is 6.58 Å². The Morgan fingerprint density at radius 2 is 2.07 bits per heavy atom. The summed E-state index contributed by atoms with van der Waals surface area (Å²) < 4.78 is 0. The summed E-state index contributed by atoms with van der Waals surface area (Å²) in [5, 5.41) is 0. The first-order valence-corrected chi connectivity index (χ1v) is 5.39. The maximum Gasteiger partial charge on any atom is 0.0202 e. The van der Waals surface area contributed by atoms with Crippen molar-refractivity contribution in [2.24, 2.45) is 5.73 Å². The average molecular weight is 197 g/mol. The van der Waals surface area contributed by atoms with E-state index in [1.807, 2.05) is 0 Å². The quantitative estimate of drug-likeness (QED) is 0.667. The maximum absolute atomic E-state index is 5.54. The number of rotatable bonds is 4. The van der Waals surface area contributed by atoms with E-state index in [4.69, 9.17) is 5.73 Å². The van der Waals surface area contributed by atoms with E-state index in [2.05, 4.69) is 30.5 Å². The highest BCUT2D eigenvalue weighted by Crippen LogP contribution is 2.14. The molecule has 2 N–H and O–H groups in total. The van der Waals surface area contributed by atoms with Crippen LogP contribution in [0.5, 0.6) is 0 Å². The zero-order valence-corrected chi connectivity index (χ0v) is 9.50. The first-order valence-electron chi connectivity index (χ1n) is 5.39. The third kappa shape index (κ3) is 3.40. The molecule has 1 saturated heterocycles. The molecule has 3 nitrogen and oxygen atoms in total. The minimum atomic E-state index is 0.608. The van der Waals surface area contributed by atoms with Crippen LogP contribution in [0.4, 0.5) is 0 Å². The predicted octanol–water partition coefficient (Wildman–Crippen LogP) is 0.527. The van der Waals surface area contributed by atoms with Gasteiger partial charge in [-0.2, -0.15) is 0 Å². The van der Waals surface area contributed by atoms with Crippen LogP contribution in [-0.4, -0.2) is 56.1 Å². The summed E-state index contributed by atoms with van der Waals surface area (Å²) in [5.41, 5.74) is 6.67. The SMILES string of the molecule is C=C(CN)CN(C)C1CCN(C)CC1. The van der Waals surface area contributed by atoms with Gasteiger partial charge >= 0.3 is 0 Å². The zero-order valence-electron chi connectivity index (χ0n) is 9.50. The molecule has 0 saturated carbocycles. The van der Waals surface area contributed by atoms with Gasteiger partial charge in [0.2, 0.25) is 0 Å². The van der Waals surface area contributed by atoms with E-state index in [1.54, 1.807) is 0 Å². The van der Waals surface area contributed by atoms with Crippen molar-refractivity contribution in [1.82, 2.24) is 9.80 Å².